The van der Waals surface area contributed by atoms with Gasteiger partial charge in [-0.25, -0.2) is 9.97 Å². The van der Waals surface area contributed by atoms with Crippen LogP contribution in [0.1, 0.15) is 25.5 Å². The standard InChI is InChI=1S/C11H8Br2ClIN2O/c1-4(2)8-7(15)10(14)17-11(16-8)6-3-5(12)9(13)18-6/h3-4H,1-2H3. The van der Waals surface area contributed by atoms with Gasteiger partial charge < -0.3 is 4.42 Å². The third-order valence-corrected chi connectivity index (χ3v) is 5.61. The van der Waals surface area contributed by atoms with Crippen LogP contribution in [0.4, 0.5) is 0 Å². The lowest BCUT2D eigenvalue weighted by Crippen LogP contribution is -2.02. The summed E-state index contributed by atoms with van der Waals surface area (Å²) >= 11 is 15.0. The van der Waals surface area contributed by atoms with Crippen LogP contribution >= 0.6 is 66.1 Å². The number of furan rings is 1. The molecule has 0 amide bonds. The lowest BCUT2D eigenvalue weighted by atomic mass is 10.1. The molecule has 0 saturated heterocycles. The van der Waals surface area contributed by atoms with E-state index in [0.29, 0.717) is 21.4 Å². The zero-order valence-corrected chi connectivity index (χ0v) is 15.6. The van der Waals surface area contributed by atoms with Crippen molar-refractivity contribution < 1.29 is 4.42 Å². The van der Waals surface area contributed by atoms with Crippen molar-refractivity contribution in [1.82, 2.24) is 9.97 Å². The van der Waals surface area contributed by atoms with Gasteiger partial charge in [-0.3, -0.25) is 0 Å². The fourth-order valence-corrected chi connectivity index (χ4v) is 3.00. The summed E-state index contributed by atoms with van der Waals surface area (Å²) < 4.78 is 7.83. The molecule has 2 aromatic heterocycles. The van der Waals surface area contributed by atoms with Crippen LogP contribution in [-0.4, -0.2) is 9.97 Å². The van der Waals surface area contributed by atoms with Gasteiger partial charge in [0.15, 0.2) is 16.3 Å². The first-order chi connectivity index (χ1) is 8.40. The van der Waals surface area contributed by atoms with Crippen LogP contribution in [0.2, 0.25) is 5.15 Å². The molecule has 0 unspecified atom stereocenters. The minimum atomic E-state index is 0.276. The van der Waals surface area contributed by atoms with E-state index >= 15 is 0 Å². The van der Waals surface area contributed by atoms with Gasteiger partial charge in [0.25, 0.3) is 0 Å². The molecule has 0 spiro atoms. The summed E-state index contributed by atoms with van der Waals surface area (Å²) in [5.41, 5.74) is 0.925. The Balaban J connectivity index is 2.58. The highest BCUT2D eigenvalue weighted by Crippen LogP contribution is 2.33. The molecule has 0 saturated carbocycles. The topological polar surface area (TPSA) is 38.9 Å². The van der Waals surface area contributed by atoms with Crippen LogP contribution in [-0.2, 0) is 0 Å². The van der Waals surface area contributed by atoms with E-state index in [0.717, 1.165) is 13.7 Å². The molecule has 0 N–H and O–H groups in total. The highest BCUT2D eigenvalue weighted by molar-refractivity contribution is 14.1. The van der Waals surface area contributed by atoms with E-state index < -0.39 is 0 Å². The van der Waals surface area contributed by atoms with Crippen molar-refractivity contribution in [3.05, 3.63) is 29.6 Å². The van der Waals surface area contributed by atoms with Crippen molar-refractivity contribution in [2.75, 3.05) is 0 Å². The lowest BCUT2D eigenvalue weighted by molar-refractivity contribution is 0.548. The summed E-state index contributed by atoms with van der Waals surface area (Å²) in [7, 11) is 0. The highest BCUT2D eigenvalue weighted by atomic mass is 127. The van der Waals surface area contributed by atoms with Crippen LogP contribution < -0.4 is 0 Å². The molecule has 2 rings (SSSR count). The molecular formula is C11H8Br2ClIN2O. The van der Waals surface area contributed by atoms with Crippen molar-refractivity contribution in [3.8, 4) is 11.6 Å². The summed E-state index contributed by atoms with van der Waals surface area (Å²) in [5.74, 6) is 1.35. The molecule has 7 heteroatoms. The van der Waals surface area contributed by atoms with Crippen molar-refractivity contribution in [2.45, 2.75) is 19.8 Å². The number of nitrogens with zero attached hydrogens (tertiary/aromatic N) is 2. The number of hydrogen-bond donors (Lipinski definition) is 0. The van der Waals surface area contributed by atoms with E-state index in [4.69, 9.17) is 16.0 Å². The van der Waals surface area contributed by atoms with Gasteiger partial charge >= 0.3 is 0 Å². The van der Waals surface area contributed by atoms with Crippen molar-refractivity contribution in [1.29, 1.82) is 0 Å². The van der Waals surface area contributed by atoms with Crippen LogP contribution in [0.3, 0.4) is 0 Å². The van der Waals surface area contributed by atoms with Crippen LogP contribution in [0.15, 0.2) is 19.6 Å². The molecule has 0 aliphatic rings. The predicted octanol–water partition coefficient (Wildman–Crippen LogP) is 5.64. The van der Waals surface area contributed by atoms with Gasteiger partial charge in [0, 0.05) is 6.07 Å². The summed E-state index contributed by atoms with van der Waals surface area (Å²) in [6.07, 6.45) is 0. The fourth-order valence-electron chi connectivity index (χ4n) is 1.39. The molecule has 2 heterocycles. The summed E-state index contributed by atoms with van der Waals surface area (Å²) in [6, 6.07) is 1.81. The molecule has 0 fully saturated rings. The predicted molar refractivity (Wildman–Crippen MR) is 87.0 cm³/mol. The Morgan fingerprint density at radius 2 is 2.00 bits per heavy atom. The van der Waals surface area contributed by atoms with Gasteiger partial charge in [-0.05, 0) is 60.4 Å². The van der Waals surface area contributed by atoms with E-state index in [1.807, 2.05) is 6.07 Å². The number of halogens is 4. The van der Waals surface area contributed by atoms with Gasteiger partial charge in [0.05, 0.1) is 13.7 Å². The number of hydrogen-bond acceptors (Lipinski definition) is 3. The molecule has 0 radical (unpaired) electrons. The monoisotopic (exact) mass is 504 g/mol. The molecular weight excluding hydrogens is 498 g/mol. The smallest absolute Gasteiger partial charge is 0.197 e. The van der Waals surface area contributed by atoms with Gasteiger partial charge in [-0.1, -0.05) is 25.4 Å². The Labute approximate surface area is 140 Å². The summed E-state index contributed by atoms with van der Waals surface area (Å²) in [4.78, 5) is 8.77. The molecule has 0 atom stereocenters. The normalized spacial score (nSPS) is 11.3. The maximum atomic E-state index is 6.14. The molecule has 0 aliphatic heterocycles. The first-order valence-electron chi connectivity index (χ1n) is 5.08. The SMILES string of the molecule is CC(C)c1nc(-c2cc(Br)c(Br)o2)nc(Cl)c1I. The minimum absolute atomic E-state index is 0.276. The second kappa shape index (κ2) is 5.76. The van der Waals surface area contributed by atoms with Gasteiger partial charge in [-0.2, -0.15) is 0 Å². The second-order valence-corrected chi connectivity index (χ2v) is 6.94. The van der Waals surface area contributed by atoms with Crippen LogP contribution in [0.25, 0.3) is 11.6 Å². The minimum Gasteiger partial charge on any atom is -0.445 e. The van der Waals surface area contributed by atoms with E-state index in [1.54, 1.807) is 0 Å². The highest BCUT2D eigenvalue weighted by Gasteiger charge is 2.17. The lowest BCUT2D eigenvalue weighted by Gasteiger charge is -2.09. The van der Waals surface area contributed by atoms with Gasteiger partial charge in [0.1, 0.15) is 5.15 Å². The third-order valence-electron chi connectivity index (χ3n) is 2.25. The van der Waals surface area contributed by atoms with Crippen LogP contribution in [0.5, 0.6) is 0 Å². The van der Waals surface area contributed by atoms with Gasteiger partial charge in [-0.15, -0.1) is 0 Å². The summed E-state index contributed by atoms with van der Waals surface area (Å²) in [6.45, 7) is 4.14. The zero-order valence-electron chi connectivity index (χ0n) is 9.47. The Morgan fingerprint density at radius 3 is 2.50 bits per heavy atom. The Hall–Kier alpha value is 0.340. The fraction of sp³-hybridized carbons (Fsp3) is 0.273. The quantitative estimate of drug-likeness (QED) is 0.391. The van der Waals surface area contributed by atoms with Crippen molar-refractivity contribution >= 4 is 66.1 Å². The molecule has 96 valence electrons. The average Bonchev–Trinajstić information content (AvgIpc) is 2.62. The average molecular weight is 506 g/mol. The summed E-state index contributed by atoms with van der Waals surface area (Å²) in [5, 5.41) is 0.452. The Kier molecular flexibility index (Phi) is 4.72. The van der Waals surface area contributed by atoms with Crippen molar-refractivity contribution in [3.63, 3.8) is 0 Å². The van der Waals surface area contributed by atoms with E-state index in [2.05, 4.69) is 78.3 Å². The Bertz CT molecular complexity index is 581. The largest absolute Gasteiger partial charge is 0.445 e. The Morgan fingerprint density at radius 1 is 1.33 bits per heavy atom. The first kappa shape index (κ1) is 14.7. The van der Waals surface area contributed by atoms with E-state index in [1.165, 1.54) is 0 Å². The zero-order chi connectivity index (χ0) is 13.4. The first-order valence-corrected chi connectivity index (χ1v) is 8.12. The molecule has 3 nitrogen and oxygen atoms in total. The maximum absolute atomic E-state index is 6.14. The maximum Gasteiger partial charge on any atom is 0.197 e. The van der Waals surface area contributed by atoms with Gasteiger partial charge in [0.2, 0.25) is 0 Å². The van der Waals surface area contributed by atoms with Crippen LogP contribution in [0, 0.1) is 3.57 Å². The van der Waals surface area contributed by atoms with E-state index in [9.17, 15) is 0 Å². The number of aromatic nitrogens is 2. The van der Waals surface area contributed by atoms with Crippen molar-refractivity contribution in [2.24, 2.45) is 0 Å². The second-order valence-electron chi connectivity index (χ2n) is 3.92. The number of rotatable bonds is 2. The van der Waals surface area contributed by atoms with E-state index in [-0.39, 0.29) is 5.92 Å². The third kappa shape index (κ3) is 2.91. The molecule has 0 aliphatic carbocycles. The molecule has 2 aromatic rings. The molecule has 0 bridgehead atoms. The molecule has 18 heavy (non-hydrogen) atoms. The molecule has 0 aromatic carbocycles.